The van der Waals surface area contributed by atoms with E-state index in [1.54, 1.807) is 18.6 Å². The standard InChI is InChI=1S/C17H18N6O/c18-15(24)14-11-23-10-13(12-5-4-6-19-9-12)20-16(17(23)21-14)22-7-2-1-3-8-22/h4-6,9-11H,1-3,7-8H2,(H2,18,24). The Morgan fingerprint density at radius 1 is 1.12 bits per heavy atom. The Labute approximate surface area is 139 Å². The van der Waals surface area contributed by atoms with Crippen molar-refractivity contribution in [2.24, 2.45) is 5.73 Å². The number of fused-ring (bicyclic) bond motifs is 1. The number of imidazole rings is 1. The summed E-state index contributed by atoms with van der Waals surface area (Å²) < 4.78 is 1.83. The lowest BCUT2D eigenvalue weighted by Gasteiger charge is -2.28. The highest BCUT2D eigenvalue weighted by molar-refractivity contribution is 5.92. The zero-order valence-corrected chi connectivity index (χ0v) is 13.2. The molecule has 7 heteroatoms. The summed E-state index contributed by atoms with van der Waals surface area (Å²) in [6.07, 6.45) is 10.5. The molecule has 0 radical (unpaired) electrons. The van der Waals surface area contributed by atoms with Crippen molar-refractivity contribution in [2.75, 3.05) is 18.0 Å². The first-order valence-electron chi connectivity index (χ1n) is 8.07. The van der Waals surface area contributed by atoms with E-state index in [-0.39, 0.29) is 5.69 Å². The molecule has 3 aromatic rings. The Morgan fingerprint density at radius 2 is 1.96 bits per heavy atom. The fraction of sp³-hybridized carbons (Fsp3) is 0.294. The van der Waals surface area contributed by atoms with Crippen LogP contribution in [0.1, 0.15) is 29.8 Å². The van der Waals surface area contributed by atoms with E-state index in [2.05, 4.69) is 14.9 Å². The second kappa shape index (κ2) is 5.92. The van der Waals surface area contributed by atoms with Gasteiger partial charge in [0, 0.05) is 43.4 Å². The van der Waals surface area contributed by atoms with Crippen molar-refractivity contribution < 1.29 is 4.79 Å². The number of primary amides is 1. The number of anilines is 1. The van der Waals surface area contributed by atoms with Gasteiger partial charge in [0.05, 0.1) is 5.69 Å². The summed E-state index contributed by atoms with van der Waals surface area (Å²) in [5.41, 5.74) is 8.03. The van der Waals surface area contributed by atoms with Crippen molar-refractivity contribution in [2.45, 2.75) is 19.3 Å². The Bertz CT molecular complexity index is 883. The van der Waals surface area contributed by atoms with Gasteiger partial charge in [-0.15, -0.1) is 0 Å². The minimum absolute atomic E-state index is 0.249. The van der Waals surface area contributed by atoms with Crippen molar-refractivity contribution in [1.82, 2.24) is 19.4 Å². The molecular weight excluding hydrogens is 304 g/mol. The average molecular weight is 322 g/mol. The monoisotopic (exact) mass is 322 g/mol. The molecule has 0 unspecified atom stereocenters. The van der Waals surface area contributed by atoms with Crippen molar-refractivity contribution in [1.29, 1.82) is 0 Å². The Hall–Kier alpha value is -2.96. The van der Waals surface area contributed by atoms with Crippen LogP contribution in [0.15, 0.2) is 36.9 Å². The lowest BCUT2D eigenvalue weighted by atomic mass is 10.1. The number of hydrogen-bond donors (Lipinski definition) is 1. The summed E-state index contributed by atoms with van der Waals surface area (Å²) in [6, 6.07) is 3.84. The van der Waals surface area contributed by atoms with E-state index >= 15 is 0 Å². The normalized spacial score (nSPS) is 14.9. The maximum Gasteiger partial charge on any atom is 0.268 e. The minimum atomic E-state index is -0.536. The second-order valence-corrected chi connectivity index (χ2v) is 5.96. The van der Waals surface area contributed by atoms with Gasteiger partial charge < -0.3 is 15.0 Å². The number of aromatic nitrogens is 4. The number of rotatable bonds is 3. The third kappa shape index (κ3) is 2.58. The van der Waals surface area contributed by atoms with Crippen LogP contribution >= 0.6 is 0 Å². The van der Waals surface area contributed by atoms with E-state index in [0.29, 0.717) is 5.65 Å². The summed E-state index contributed by atoms with van der Waals surface area (Å²) in [7, 11) is 0. The van der Waals surface area contributed by atoms with Crippen LogP contribution in [0.5, 0.6) is 0 Å². The predicted molar refractivity (Wildman–Crippen MR) is 90.8 cm³/mol. The number of nitrogens with zero attached hydrogens (tertiary/aromatic N) is 5. The van der Waals surface area contributed by atoms with Crippen LogP contribution in [0.25, 0.3) is 16.9 Å². The van der Waals surface area contributed by atoms with E-state index in [0.717, 1.165) is 43.0 Å². The van der Waals surface area contributed by atoms with E-state index in [1.807, 2.05) is 22.7 Å². The number of carbonyl (C=O) groups excluding carboxylic acids is 1. The Morgan fingerprint density at radius 3 is 2.67 bits per heavy atom. The summed E-state index contributed by atoms with van der Waals surface area (Å²) in [5.74, 6) is 0.259. The molecule has 3 aromatic heterocycles. The number of piperidine rings is 1. The molecule has 24 heavy (non-hydrogen) atoms. The van der Waals surface area contributed by atoms with Crippen LogP contribution in [0, 0.1) is 0 Å². The van der Waals surface area contributed by atoms with Gasteiger partial charge in [0.15, 0.2) is 11.5 Å². The molecule has 0 saturated carbocycles. The van der Waals surface area contributed by atoms with Gasteiger partial charge in [-0.1, -0.05) is 0 Å². The summed E-state index contributed by atoms with van der Waals surface area (Å²) in [4.78, 5) is 27.1. The average Bonchev–Trinajstić information content (AvgIpc) is 3.07. The van der Waals surface area contributed by atoms with E-state index in [1.165, 1.54) is 6.42 Å². The van der Waals surface area contributed by atoms with Crippen molar-refractivity contribution in [3.8, 4) is 11.3 Å². The highest BCUT2D eigenvalue weighted by Gasteiger charge is 2.20. The quantitative estimate of drug-likeness (QED) is 0.795. The highest BCUT2D eigenvalue weighted by Crippen LogP contribution is 2.26. The van der Waals surface area contributed by atoms with Crippen molar-refractivity contribution >= 4 is 17.4 Å². The van der Waals surface area contributed by atoms with Crippen molar-refractivity contribution in [3.63, 3.8) is 0 Å². The molecule has 0 atom stereocenters. The molecule has 1 amide bonds. The third-order valence-electron chi connectivity index (χ3n) is 4.29. The first-order chi connectivity index (χ1) is 11.7. The molecule has 0 aliphatic carbocycles. The molecule has 0 bridgehead atoms. The zero-order valence-electron chi connectivity index (χ0n) is 13.2. The number of pyridine rings is 1. The van der Waals surface area contributed by atoms with Crippen LogP contribution in [-0.4, -0.2) is 38.3 Å². The molecule has 4 heterocycles. The Kier molecular flexibility index (Phi) is 3.60. The number of nitrogens with two attached hydrogens (primary N) is 1. The molecule has 0 spiro atoms. The number of carbonyl (C=O) groups is 1. The molecule has 7 nitrogen and oxygen atoms in total. The predicted octanol–water partition coefficient (Wildman–Crippen LogP) is 1.88. The van der Waals surface area contributed by atoms with E-state index in [4.69, 9.17) is 10.7 Å². The van der Waals surface area contributed by atoms with E-state index < -0.39 is 5.91 Å². The zero-order chi connectivity index (χ0) is 16.5. The second-order valence-electron chi connectivity index (χ2n) is 5.96. The molecule has 4 rings (SSSR count). The largest absolute Gasteiger partial charge is 0.364 e. The lowest BCUT2D eigenvalue weighted by molar-refractivity contribution is 0.0996. The topological polar surface area (TPSA) is 89.4 Å². The SMILES string of the molecule is NC(=O)c1cn2cc(-c3cccnc3)nc(N3CCCCC3)c2n1. The maximum absolute atomic E-state index is 11.5. The molecule has 2 N–H and O–H groups in total. The molecule has 1 saturated heterocycles. The number of hydrogen-bond acceptors (Lipinski definition) is 5. The van der Waals surface area contributed by atoms with Crippen LogP contribution in [0.4, 0.5) is 5.82 Å². The van der Waals surface area contributed by atoms with Crippen molar-refractivity contribution in [3.05, 3.63) is 42.6 Å². The maximum atomic E-state index is 11.5. The van der Waals surface area contributed by atoms with Crippen LogP contribution in [0.2, 0.25) is 0 Å². The first-order valence-corrected chi connectivity index (χ1v) is 8.07. The molecule has 122 valence electrons. The van der Waals surface area contributed by atoms with Gasteiger partial charge in [-0.2, -0.15) is 0 Å². The smallest absolute Gasteiger partial charge is 0.268 e. The molecule has 0 aromatic carbocycles. The first kappa shape index (κ1) is 14.6. The van der Waals surface area contributed by atoms with Gasteiger partial charge >= 0.3 is 0 Å². The summed E-state index contributed by atoms with van der Waals surface area (Å²) in [6.45, 7) is 1.88. The van der Waals surface area contributed by atoms with Gasteiger partial charge in [0.2, 0.25) is 0 Å². The minimum Gasteiger partial charge on any atom is -0.364 e. The highest BCUT2D eigenvalue weighted by atomic mass is 16.1. The third-order valence-corrected chi connectivity index (χ3v) is 4.29. The Balaban J connectivity index is 1.90. The van der Waals surface area contributed by atoms with Gasteiger partial charge in [-0.3, -0.25) is 9.78 Å². The van der Waals surface area contributed by atoms with Crippen LogP contribution in [0.3, 0.4) is 0 Å². The van der Waals surface area contributed by atoms with Gasteiger partial charge in [-0.25, -0.2) is 9.97 Å². The molecule has 1 aliphatic rings. The lowest BCUT2D eigenvalue weighted by Crippen LogP contribution is -2.30. The number of amides is 1. The fourth-order valence-electron chi connectivity index (χ4n) is 3.07. The molecular formula is C17H18N6O. The fourth-order valence-corrected chi connectivity index (χ4v) is 3.07. The van der Waals surface area contributed by atoms with Gasteiger partial charge in [0.25, 0.3) is 5.91 Å². The summed E-state index contributed by atoms with van der Waals surface area (Å²) in [5, 5.41) is 0. The molecule has 1 fully saturated rings. The molecule has 1 aliphatic heterocycles. The van der Waals surface area contributed by atoms with E-state index in [9.17, 15) is 4.79 Å². The summed E-state index contributed by atoms with van der Waals surface area (Å²) >= 11 is 0. The van der Waals surface area contributed by atoms with Gasteiger partial charge in [0.1, 0.15) is 5.69 Å². The van der Waals surface area contributed by atoms with Crippen LogP contribution in [-0.2, 0) is 0 Å². The van der Waals surface area contributed by atoms with Gasteiger partial charge in [-0.05, 0) is 31.4 Å². The van der Waals surface area contributed by atoms with Crippen LogP contribution < -0.4 is 10.6 Å².